The van der Waals surface area contributed by atoms with Crippen molar-refractivity contribution in [1.29, 1.82) is 0 Å². The maximum atomic E-state index is 12.4. The number of urea groups is 1. The molecule has 7 nitrogen and oxygen atoms in total. The zero-order chi connectivity index (χ0) is 17.6. The number of hydrogen-bond donors (Lipinski definition) is 1. The predicted octanol–water partition coefficient (Wildman–Crippen LogP) is 2.42. The number of nitrogens with one attached hydrogen (secondary N) is 1. The van der Waals surface area contributed by atoms with Crippen LogP contribution in [0.3, 0.4) is 0 Å². The Labute approximate surface area is 148 Å². The van der Waals surface area contributed by atoms with E-state index in [2.05, 4.69) is 26.3 Å². The fourth-order valence-electron chi connectivity index (χ4n) is 3.03. The van der Waals surface area contributed by atoms with Gasteiger partial charge in [-0.15, -0.1) is 0 Å². The first-order valence-corrected chi connectivity index (χ1v) is 8.57. The summed E-state index contributed by atoms with van der Waals surface area (Å²) in [6.45, 7) is 1.51. The van der Waals surface area contributed by atoms with Crippen molar-refractivity contribution in [2.45, 2.75) is 19.3 Å². The smallest absolute Gasteiger partial charge is 0.324 e. The van der Waals surface area contributed by atoms with Crippen LogP contribution in [0.5, 0.6) is 0 Å². The lowest BCUT2D eigenvalue weighted by molar-refractivity contribution is 0.182. The summed E-state index contributed by atoms with van der Waals surface area (Å²) in [4.78, 5) is 28.8. The second-order valence-corrected chi connectivity index (χ2v) is 6.56. The van der Waals surface area contributed by atoms with E-state index in [1.807, 2.05) is 36.2 Å². The summed E-state index contributed by atoms with van der Waals surface area (Å²) in [6.07, 6.45) is 8.40. The Balaban J connectivity index is 1.51. The van der Waals surface area contributed by atoms with Gasteiger partial charge in [-0.05, 0) is 42.9 Å². The molecule has 0 aliphatic carbocycles. The average Bonchev–Trinajstić information content (AvgIpc) is 2.63. The average molecular weight is 340 g/mol. The lowest BCUT2D eigenvalue weighted by Crippen LogP contribution is -2.41. The zero-order valence-corrected chi connectivity index (χ0v) is 14.7. The van der Waals surface area contributed by atoms with Gasteiger partial charge in [-0.1, -0.05) is 6.07 Å². The minimum Gasteiger partial charge on any atom is -0.363 e. The van der Waals surface area contributed by atoms with E-state index in [9.17, 15) is 4.79 Å². The molecule has 7 heteroatoms. The third-order valence-corrected chi connectivity index (χ3v) is 4.47. The molecule has 0 radical (unpaired) electrons. The number of hydrogen-bond acceptors (Lipinski definition) is 5. The quantitative estimate of drug-likeness (QED) is 0.925. The van der Waals surface area contributed by atoms with Crippen molar-refractivity contribution in [2.75, 3.05) is 37.4 Å². The highest BCUT2D eigenvalue weighted by Gasteiger charge is 2.23. The van der Waals surface area contributed by atoms with Gasteiger partial charge < -0.3 is 9.80 Å². The van der Waals surface area contributed by atoms with E-state index in [-0.39, 0.29) is 6.03 Å². The van der Waals surface area contributed by atoms with Crippen molar-refractivity contribution in [2.24, 2.45) is 5.92 Å². The summed E-state index contributed by atoms with van der Waals surface area (Å²) in [5.74, 6) is 1.70. The standard InChI is InChI=1S/C18H24N6O/c1-23(2)16-5-9-20-17(21-16)22-18(25)24-10-6-14(7-11-24)12-15-4-3-8-19-13-15/h3-5,8-9,13-14H,6-7,10-12H2,1-2H3,(H,20,21,22,25). The van der Waals surface area contributed by atoms with Crippen molar-refractivity contribution in [3.63, 3.8) is 0 Å². The van der Waals surface area contributed by atoms with E-state index in [1.54, 1.807) is 18.5 Å². The van der Waals surface area contributed by atoms with Gasteiger partial charge >= 0.3 is 6.03 Å². The van der Waals surface area contributed by atoms with E-state index in [4.69, 9.17) is 0 Å². The number of carbonyl (C=O) groups excluding carboxylic acids is 1. The first kappa shape index (κ1) is 17.1. The zero-order valence-electron chi connectivity index (χ0n) is 14.7. The molecule has 1 fully saturated rings. The van der Waals surface area contributed by atoms with Crippen LogP contribution >= 0.6 is 0 Å². The molecule has 0 atom stereocenters. The molecular weight excluding hydrogens is 316 g/mol. The van der Waals surface area contributed by atoms with Crippen LogP contribution in [0, 0.1) is 5.92 Å². The maximum Gasteiger partial charge on any atom is 0.324 e. The highest BCUT2D eigenvalue weighted by atomic mass is 16.2. The SMILES string of the molecule is CN(C)c1ccnc(NC(=O)N2CCC(Cc3cccnc3)CC2)n1. The van der Waals surface area contributed by atoms with Crippen LogP contribution in [-0.4, -0.2) is 53.1 Å². The molecule has 2 aromatic heterocycles. The molecule has 0 unspecified atom stereocenters. The summed E-state index contributed by atoms with van der Waals surface area (Å²) in [5.41, 5.74) is 1.26. The first-order valence-electron chi connectivity index (χ1n) is 8.57. The van der Waals surface area contributed by atoms with E-state index in [1.165, 1.54) is 5.56 Å². The Bertz CT molecular complexity index is 698. The third kappa shape index (κ3) is 4.65. The number of aromatic nitrogens is 3. The monoisotopic (exact) mass is 340 g/mol. The lowest BCUT2D eigenvalue weighted by Gasteiger charge is -2.31. The second-order valence-electron chi connectivity index (χ2n) is 6.56. The number of rotatable bonds is 4. The minimum atomic E-state index is -0.129. The van der Waals surface area contributed by atoms with Crippen LogP contribution in [0.25, 0.3) is 0 Å². The molecule has 3 heterocycles. The number of carbonyl (C=O) groups is 1. The van der Waals surface area contributed by atoms with Gasteiger partial charge in [0.15, 0.2) is 0 Å². The van der Waals surface area contributed by atoms with Gasteiger partial charge in [0.2, 0.25) is 5.95 Å². The molecule has 1 aliphatic rings. The van der Waals surface area contributed by atoms with Crippen molar-refractivity contribution in [1.82, 2.24) is 19.9 Å². The third-order valence-electron chi connectivity index (χ3n) is 4.47. The second kappa shape index (κ2) is 7.92. The van der Waals surface area contributed by atoms with Crippen molar-refractivity contribution in [3.8, 4) is 0 Å². The van der Waals surface area contributed by atoms with Crippen LogP contribution in [0.4, 0.5) is 16.6 Å². The van der Waals surface area contributed by atoms with Crippen molar-refractivity contribution in [3.05, 3.63) is 42.4 Å². The Kier molecular flexibility index (Phi) is 5.42. The number of likely N-dealkylation sites (tertiary alicyclic amines) is 1. The van der Waals surface area contributed by atoms with E-state index in [0.717, 1.165) is 38.2 Å². The number of nitrogens with zero attached hydrogens (tertiary/aromatic N) is 5. The van der Waals surface area contributed by atoms with Crippen LogP contribution < -0.4 is 10.2 Å². The van der Waals surface area contributed by atoms with Gasteiger partial charge in [0.05, 0.1) is 0 Å². The molecule has 25 heavy (non-hydrogen) atoms. The van der Waals surface area contributed by atoms with Gasteiger partial charge in [0.1, 0.15) is 5.82 Å². The molecule has 0 aromatic carbocycles. The normalized spacial score (nSPS) is 15.0. The highest BCUT2D eigenvalue weighted by molar-refractivity contribution is 5.87. The first-order chi connectivity index (χ1) is 12.1. The Morgan fingerprint density at radius 2 is 2.08 bits per heavy atom. The molecule has 1 saturated heterocycles. The molecule has 2 amide bonds. The Hall–Kier alpha value is -2.70. The molecule has 0 spiro atoms. The van der Waals surface area contributed by atoms with Crippen molar-refractivity contribution < 1.29 is 4.79 Å². The highest BCUT2D eigenvalue weighted by Crippen LogP contribution is 2.22. The van der Waals surface area contributed by atoms with Gasteiger partial charge in [-0.3, -0.25) is 10.3 Å². The lowest BCUT2D eigenvalue weighted by atomic mass is 9.91. The van der Waals surface area contributed by atoms with Crippen LogP contribution in [0.2, 0.25) is 0 Å². The Morgan fingerprint density at radius 1 is 1.28 bits per heavy atom. The van der Waals surface area contributed by atoms with Crippen molar-refractivity contribution >= 4 is 17.8 Å². The summed E-state index contributed by atoms with van der Waals surface area (Å²) >= 11 is 0. The molecular formula is C18H24N6O. The predicted molar refractivity (Wildman–Crippen MR) is 97.6 cm³/mol. The van der Waals surface area contributed by atoms with Gasteiger partial charge in [0.25, 0.3) is 0 Å². The molecule has 1 aliphatic heterocycles. The molecule has 1 N–H and O–H groups in total. The molecule has 132 valence electrons. The Morgan fingerprint density at radius 3 is 2.76 bits per heavy atom. The molecule has 3 rings (SSSR count). The van der Waals surface area contributed by atoms with Crippen LogP contribution in [0.1, 0.15) is 18.4 Å². The summed E-state index contributed by atoms with van der Waals surface area (Å²) in [6, 6.07) is 5.76. The number of pyridine rings is 1. The van der Waals surface area contributed by atoms with Crippen LogP contribution in [0.15, 0.2) is 36.8 Å². The summed E-state index contributed by atoms with van der Waals surface area (Å²) < 4.78 is 0. The number of anilines is 2. The fourth-order valence-corrected chi connectivity index (χ4v) is 3.03. The van der Waals surface area contributed by atoms with E-state index >= 15 is 0 Å². The fraction of sp³-hybridized carbons (Fsp3) is 0.444. The largest absolute Gasteiger partial charge is 0.363 e. The summed E-state index contributed by atoms with van der Waals surface area (Å²) in [5, 5.41) is 2.80. The minimum absolute atomic E-state index is 0.129. The number of piperidine rings is 1. The van der Waals surface area contributed by atoms with Gasteiger partial charge in [-0.25, -0.2) is 9.78 Å². The number of amides is 2. The van der Waals surface area contributed by atoms with E-state index < -0.39 is 0 Å². The topological polar surface area (TPSA) is 74.2 Å². The van der Waals surface area contributed by atoms with Gasteiger partial charge in [0, 0.05) is 45.8 Å². The van der Waals surface area contributed by atoms with Gasteiger partial charge in [-0.2, -0.15) is 4.98 Å². The maximum absolute atomic E-state index is 12.4. The molecule has 0 bridgehead atoms. The van der Waals surface area contributed by atoms with Crippen LogP contribution in [-0.2, 0) is 6.42 Å². The van der Waals surface area contributed by atoms with E-state index in [0.29, 0.717) is 11.9 Å². The molecule has 2 aromatic rings. The summed E-state index contributed by atoms with van der Waals surface area (Å²) in [7, 11) is 3.81. The molecule has 0 saturated carbocycles.